The highest BCUT2D eigenvalue weighted by Gasteiger charge is 2.34. The Balaban J connectivity index is 1.96. The number of nitrogens with one attached hydrogen (secondary N) is 1. The van der Waals surface area contributed by atoms with E-state index < -0.39 is 17.6 Å². The molecule has 6 nitrogen and oxygen atoms in total. The molecule has 1 N–H and O–H groups in total. The Morgan fingerprint density at radius 3 is 2.86 bits per heavy atom. The largest absolute Gasteiger partial charge is 0.401 e. The highest BCUT2D eigenvalue weighted by atomic mass is 35.5. The van der Waals surface area contributed by atoms with Crippen molar-refractivity contribution in [1.82, 2.24) is 9.88 Å². The number of hydrogen-bond acceptors (Lipinski definition) is 5. The zero-order valence-corrected chi connectivity index (χ0v) is 11.5. The van der Waals surface area contributed by atoms with Gasteiger partial charge in [0.1, 0.15) is 12.0 Å². The smallest absolute Gasteiger partial charge is 0.365 e. The highest BCUT2D eigenvalue weighted by molar-refractivity contribution is 6.33. The van der Waals surface area contributed by atoms with Crippen LogP contribution in [-0.2, 0) is 0 Å². The SMILES string of the molecule is O=[N+]([O-])c1cnc(NC2CCN(CC(F)(F)F)C2)c(Cl)c1. The fraction of sp³-hybridized carbons (Fsp3) is 0.545. The number of pyridine rings is 1. The number of aromatic nitrogens is 1. The number of nitrogens with zero attached hydrogens (tertiary/aromatic N) is 3. The number of alkyl halides is 3. The molecule has 116 valence electrons. The Morgan fingerprint density at radius 2 is 2.29 bits per heavy atom. The van der Waals surface area contributed by atoms with Gasteiger partial charge in [0.15, 0.2) is 0 Å². The molecule has 1 unspecified atom stereocenters. The number of nitro groups is 1. The quantitative estimate of drug-likeness (QED) is 0.681. The molecule has 1 fully saturated rings. The van der Waals surface area contributed by atoms with Gasteiger partial charge in [-0.3, -0.25) is 15.0 Å². The molecule has 1 aromatic heterocycles. The molecular weight excluding hydrogens is 313 g/mol. The predicted molar refractivity (Wildman–Crippen MR) is 70.4 cm³/mol. The molecular formula is C11H12ClF3N4O2. The molecule has 1 aliphatic heterocycles. The van der Waals surface area contributed by atoms with Crippen molar-refractivity contribution in [3.63, 3.8) is 0 Å². The van der Waals surface area contributed by atoms with E-state index >= 15 is 0 Å². The van der Waals surface area contributed by atoms with Crippen molar-refractivity contribution in [2.24, 2.45) is 0 Å². The summed E-state index contributed by atoms with van der Waals surface area (Å²) < 4.78 is 36.9. The average molecular weight is 325 g/mol. The summed E-state index contributed by atoms with van der Waals surface area (Å²) in [6.07, 6.45) is -2.65. The van der Waals surface area contributed by atoms with Gasteiger partial charge in [0.2, 0.25) is 0 Å². The summed E-state index contributed by atoms with van der Waals surface area (Å²) in [5.41, 5.74) is -0.240. The molecule has 21 heavy (non-hydrogen) atoms. The summed E-state index contributed by atoms with van der Waals surface area (Å²) in [5.74, 6) is 0.237. The Labute approximate surface area is 123 Å². The normalized spacial score (nSPS) is 19.7. The molecule has 0 aliphatic carbocycles. The van der Waals surface area contributed by atoms with Crippen LogP contribution in [0, 0.1) is 10.1 Å². The monoisotopic (exact) mass is 324 g/mol. The van der Waals surface area contributed by atoms with Gasteiger partial charge < -0.3 is 5.32 Å². The van der Waals surface area contributed by atoms with Crippen LogP contribution >= 0.6 is 11.6 Å². The maximum absolute atomic E-state index is 12.3. The first kappa shape index (κ1) is 15.8. The lowest BCUT2D eigenvalue weighted by atomic mass is 10.2. The minimum atomic E-state index is -4.22. The first-order valence-electron chi connectivity index (χ1n) is 6.10. The lowest BCUT2D eigenvalue weighted by Crippen LogP contribution is -2.34. The Kier molecular flexibility index (Phi) is 4.52. The number of anilines is 1. The molecule has 0 aromatic carbocycles. The Morgan fingerprint density at radius 1 is 1.57 bits per heavy atom. The fourth-order valence-corrected chi connectivity index (χ4v) is 2.39. The summed E-state index contributed by atoms with van der Waals surface area (Å²) in [7, 11) is 0. The van der Waals surface area contributed by atoms with E-state index in [1.807, 2.05) is 0 Å². The molecule has 1 aliphatic rings. The van der Waals surface area contributed by atoms with Crippen LogP contribution in [0.25, 0.3) is 0 Å². The van der Waals surface area contributed by atoms with Gasteiger partial charge in [-0.15, -0.1) is 0 Å². The molecule has 10 heteroatoms. The molecule has 2 rings (SSSR count). The summed E-state index contributed by atoms with van der Waals surface area (Å²) >= 11 is 5.87. The molecule has 0 radical (unpaired) electrons. The third-order valence-corrected chi connectivity index (χ3v) is 3.34. The van der Waals surface area contributed by atoms with E-state index in [4.69, 9.17) is 11.6 Å². The lowest BCUT2D eigenvalue weighted by molar-refractivity contribution is -0.385. The molecule has 0 bridgehead atoms. The Bertz CT molecular complexity index is 541. The van der Waals surface area contributed by atoms with Gasteiger partial charge in [0.25, 0.3) is 5.69 Å². The van der Waals surface area contributed by atoms with E-state index in [1.54, 1.807) is 0 Å². The molecule has 1 aromatic rings. The number of hydrogen-bond donors (Lipinski definition) is 1. The minimum Gasteiger partial charge on any atom is -0.365 e. The second-order valence-electron chi connectivity index (χ2n) is 4.76. The molecule has 0 spiro atoms. The third kappa shape index (κ3) is 4.43. The van der Waals surface area contributed by atoms with E-state index in [-0.39, 0.29) is 29.1 Å². The van der Waals surface area contributed by atoms with Crippen molar-refractivity contribution in [3.05, 3.63) is 27.4 Å². The van der Waals surface area contributed by atoms with Gasteiger partial charge in [0.05, 0.1) is 16.5 Å². The molecule has 0 amide bonds. The first-order valence-corrected chi connectivity index (χ1v) is 6.48. The zero-order chi connectivity index (χ0) is 15.6. The van der Waals surface area contributed by atoms with Gasteiger partial charge in [-0.2, -0.15) is 13.2 Å². The molecule has 2 heterocycles. The van der Waals surface area contributed by atoms with Crippen molar-refractivity contribution in [1.29, 1.82) is 0 Å². The summed E-state index contributed by atoms with van der Waals surface area (Å²) in [5, 5.41) is 13.5. The summed E-state index contributed by atoms with van der Waals surface area (Å²) in [6, 6.07) is 0.929. The van der Waals surface area contributed by atoms with Crippen molar-refractivity contribution < 1.29 is 18.1 Å². The zero-order valence-electron chi connectivity index (χ0n) is 10.7. The predicted octanol–water partition coefficient (Wildman–Crippen LogP) is 2.69. The highest BCUT2D eigenvalue weighted by Crippen LogP contribution is 2.26. The van der Waals surface area contributed by atoms with Crippen LogP contribution < -0.4 is 5.32 Å². The van der Waals surface area contributed by atoms with Gasteiger partial charge in [-0.25, -0.2) is 4.98 Å². The van der Waals surface area contributed by atoms with E-state index in [2.05, 4.69) is 10.3 Å². The topological polar surface area (TPSA) is 71.3 Å². The first-order chi connectivity index (χ1) is 9.74. The second-order valence-corrected chi connectivity index (χ2v) is 5.17. The van der Waals surface area contributed by atoms with E-state index in [9.17, 15) is 23.3 Å². The van der Waals surface area contributed by atoms with Crippen LogP contribution in [0.3, 0.4) is 0 Å². The van der Waals surface area contributed by atoms with Gasteiger partial charge in [-0.05, 0) is 6.42 Å². The summed E-state index contributed by atoms with van der Waals surface area (Å²) in [6.45, 7) is -0.414. The fourth-order valence-electron chi connectivity index (χ4n) is 2.17. The molecule has 1 atom stereocenters. The maximum atomic E-state index is 12.3. The number of halogens is 4. The summed E-state index contributed by atoms with van der Waals surface area (Å²) in [4.78, 5) is 15.1. The van der Waals surface area contributed by atoms with E-state index in [1.165, 1.54) is 4.90 Å². The van der Waals surface area contributed by atoms with Crippen LogP contribution in [-0.4, -0.2) is 46.7 Å². The van der Waals surface area contributed by atoms with E-state index in [0.29, 0.717) is 13.0 Å². The molecule has 1 saturated heterocycles. The Hall–Kier alpha value is -1.61. The average Bonchev–Trinajstić information content (AvgIpc) is 2.76. The van der Waals surface area contributed by atoms with E-state index in [0.717, 1.165) is 12.3 Å². The van der Waals surface area contributed by atoms with Crippen LogP contribution in [0.5, 0.6) is 0 Å². The van der Waals surface area contributed by atoms with Gasteiger partial charge >= 0.3 is 6.18 Å². The van der Waals surface area contributed by atoms with Crippen molar-refractivity contribution >= 4 is 23.1 Å². The van der Waals surface area contributed by atoms with Crippen molar-refractivity contribution in [3.8, 4) is 0 Å². The van der Waals surface area contributed by atoms with Crippen molar-refractivity contribution in [2.75, 3.05) is 25.0 Å². The van der Waals surface area contributed by atoms with Crippen LogP contribution in [0.2, 0.25) is 5.02 Å². The molecule has 0 saturated carbocycles. The standard InChI is InChI=1S/C11H12ClF3N4O2/c12-9-3-8(19(20)21)4-16-10(9)17-7-1-2-18(5-7)6-11(13,14)15/h3-4,7H,1-2,5-6H2,(H,16,17). The van der Waals surface area contributed by atoms with Crippen molar-refractivity contribution in [2.45, 2.75) is 18.6 Å². The number of likely N-dealkylation sites (tertiary alicyclic amines) is 1. The lowest BCUT2D eigenvalue weighted by Gasteiger charge is -2.18. The van der Waals surface area contributed by atoms with Crippen LogP contribution in [0.4, 0.5) is 24.7 Å². The second kappa shape index (κ2) is 6.02. The minimum absolute atomic E-state index is 0.0680. The van der Waals surface area contributed by atoms with Gasteiger partial charge in [-0.1, -0.05) is 11.6 Å². The van der Waals surface area contributed by atoms with Gasteiger partial charge in [0, 0.05) is 25.2 Å². The third-order valence-electron chi connectivity index (χ3n) is 3.05. The van der Waals surface area contributed by atoms with Crippen LogP contribution in [0.15, 0.2) is 12.3 Å². The maximum Gasteiger partial charge on any atom is 0.401 e. The number of rotatable bonds is 4. The van der Waals surface area contributed by atoms with Crippen LogP contribution in [0.1, 0.15) is 6.42 Å².